The van der Waals surface area contributed by atoms with Crippen LogP contribution in [-0.2, 0) is 6.16 Å². The van der Waals surface area contributed by atoms with Gasteiger partial charge in [0.2, 0.25) is 0 Å². The van der Waals surface area contributed by atoms with Crippen LogP contribution in [0.5, 0.6) is 5.75 Å². The van der Waals surface area contributed by atoms with E-state index in [0.717, 1.165) is 15.3 Å². The number of phenolic OH excluding ortho intramolecular Hbond substituents is 1. The summed E-state index contributed by atoms with van der Waals surface area (Å²) in [5.74, 6) is 0.368. The Hall–Kier alpha value is -2.16. The summed E-state index contributed by atoms with van der Waals surface area (Å²) in [6.45, 7) is 0. The fourth-order valence-corrected chi connectivity index (χ4v) is 8.51. The Bertz CT molecular complexity index is 953. The first-order chi connectivity index (χ1) is 13.7. The van der Waals surface area contributed by atoms with Crippen molar-refractivity contribution in [2.75, 3.05) is 0 Å². The van der Waals surface area contributed by atoms with E-state index < -0.39 is 7.26 Å². The van der Waals surface area contributed by atoms with Gasteiger partial charge in [0, 0.05) is 9.13 Å². The molecule has 1 N–H and O–H groups in total. The quantitative estimate of drug-likeness (QED) is 0.287. The van der Waals surface area contributed by atoms with E-state index in [1.165, 1.54) is 15.9 Å². The summed E-state index contributed by atoms with van der Waals surface area (Å²) >= 11 is 2.32. The van der Waals surface area contributed by atoms with Crippen LogP contribution < -0.4 is 15.9 Å². The van der Waals surface area contributed by atoms with Crippen LogP contribution in [0.3, 0.4) is 0 Å². The summed E-state index contributed by atoms with van der Waals surface area (Å²) in [6, 6.07) is 38.2. The van der Waals surface area contributed by atoms with Gasteiger partial charge in [0.15, 0.2) is 0 Å². The van der Waals surface area contributed by atoms with Crippen molar-refractivity contribution in [2.45, 2.75) is 6.16 Å². The highest BCUT2D eigenvalue weighted by Crippen LogP contribution is 2.58. The van der Waals surface area contributed by atoms with Crippen LogP contribution in [-0.4, -0.2) is 5.11 Å². The standard InChI is InChI=1S/C25H20IOP/c26-21-16-17-25(27)20(18-21)19-28(22-10-4-1-5-11-22,23-12-6-2-7-13-23)24-14-8-3-9-15-24/h1-18H,19H2/p+1. The van der Waals surface area contributed by atoms with Gasteiger partial charge in [0.25, 0.3) is 0 Å². The maximum atomic E-state index is 10.7. The zero-order chi connectivity index (χ0) is 19.4. The van der Waals surface area contributed by atoms with E-state index in [-0.39, 0.29) is 0 Å². The van der Waals surface area contributed by atoms with Crippen molar-refractivity contribution in [2.24, 2.45) is 0 Å². The van der Waals surface area contributed by atoms with Crippen molar-refractivity contribution < 1.29 is 5.11 Å². The Morgan fingerprint density at radius 3 is 1.46 bits per heavy atom. The number of rotatable bonds is 5. The first-order valence-corrected chi connectivity index (χ1v) is 12.3. The first-order valence-electron chi connectivity index (χ1n) is 9.22. The molecule has 0 bridgehead atoms. The van der Waals surface area contributed by atoms with E-state index >= 15 is 0 Å². The fourth-order valence-electron chi connectivity index (χ4n) is 3.70. The lowest BCUT2D eigenvalue weighted by Gasteiger charge is -2.28. The predicted molar refractivity (Wildman–Crippen MR) is 130 cm³/mol. The van der Waals surface area contributed by atoms with Crippen LogP contribution in [0.2, 0.25) is 0 Å². The molecule has 0 saturated carbocycles. The molecule has 0 spiro atoms. The molecule has 4 rings (SSSR count). The number of hydrogen-bond donors (Lipinski definition) is 1. The van der Waals surface area contributed by atoms with Gasteiger partial charge < -0.3 is 5.11 Å². The predicted octanol–water partition coefficient (Wildman–Crippen LogP) is 5.49. The number of phenols is 1. The molecule has 0 unspecified atom stereocenters. The lowest BCUT2D eigenvalue weighted by atomic mass is 10.2. The Morgan fingerprint density at radius 1 is 0.607 bits per heavy atom. The first kappa shape index (κ1) is 19.2. The van der Waals surface area contributed by atoms with Crippen LogP contribution in [0, 0.1) is 3.57 Å². The molecule has 0 amide bonds. The second-order valence-corrected chi connectivity index (χ2v) is 11.5. The van der Waals surface area contributed by atoms with Gasteiger partial charge in [-0.2, -0.15) is 0 Å². The summed E-state index contributed by atoms with van der Waals surface area (Å²) < 4.78 is 1.14. The monoisotopic (exact) mass is 495 g/mol. The lowest BCUT2D eigenvalue weighted by Crippen LogP contribution is -2.32. The van der Waals surface area contributed by atoms with E-state index in [2.05, 4.69) is 120 Å². The highest BCUT2D eigenvalue weighted by Gasteiger charge is 2.45. The summed E-state index contributed by atoms with van der Waals surface area (Å²) in [6.07, 6.45) is 0.785. The van der Waals surface area contributed by atoms with E-state index in [9.17, 15) is 5.11 Å². The van der Waals surface area contributed by atoms with E-state index in [1.54, 1.807) is 0 Å². The van der Waals surface area contributed by atoms with Crippen molar-refractivity contribution in [3.8, 4) is 5.75 Å². The van der Waals surface area contributed by atoms with Gasteiger partial charge in [-0.25, -0.2) is 0 Å². The molecule has 0 aliphatic rings. The zero-order valence-corrected chi connectivity index (χ0v) is 18.4. The minimum absolute atomic E-state index is 0.368. The SMILES string of the molecule is Oc1ccc(I)cc1C[P+](c1ccccc1)(c1ccccc1)c1ccccc1. The van der Waals surface area contributed by atoms with Crippen molar-refractivity contribution in [1.29, 1.82) is 0 Å². The number of benzene rings is 4. The molecule has 4 aromatic rings. The van der Waals surface area contributed by atoms with Gasteiger partial charge >= 0.3 is 0 Å². The Kier molecular flexibility index (Phi) is 5.79. The molecule has 4 aromatic carbocycles. The van der Waals surface area contributed by atoms with Gasteiger partial charge in [-0.15, -0.1) is 0 Å². The molecule has 0 heterocycles. The molecule has 0 aromatic heterocycles. The van der Waals surface area contributed by atoms with E-state index in [4.69, 9.17) is 0 Å². The van der Waals surface area contributed by atoms with Crippen LogP contribution in [0.4, 0.5) is 0 Å². The molecular weight excluding hydrogens is 474 g/mol. The van der Waals surface area contributed by atoms with Crippen LogP contribution in [0.1, 0.15) is 5.56 Å². The molecule has 3 heteroatoms. The second kappa shape index (κ2) is 8.46. The smallest absolute Gasteiger partial charge is 0.122 e. The van der Waals surface area contributed by atoms with Crippen LogP contribution in [0.25, 0.3) is 0 Å². The van der Waals surface area contributed by atoms with Gasteiger partial charge in [0.05, 0.1) is 0 Å². The van der Waals surface area contributed by atoms with Crippen LogP contribution >= 0.6 is 29.9 Å². The maximum absolute atomic E-state index is 10.7. The van der Waals surface area contributed by atoms with E-state index in [0.29, 0.717) is 5.75 Å². The maximum Gasteiger partial charge on any atom is 0.122 e. The Morgan fingerprint density at radius 2 is 1.04 bits per heavy atom. The van der Waals surface area contributed by atoms with Crippen molar-refractivity contribution in [3.63, 3.8) is 0 Å². The highest BCUT2D eigenvalue weighted by molar-refractivity contribution is 14.1. The van der Waals surface area contributed by atoms with Gasteiger partial charge in [-0.3, -0.25) is 0 Å². The van der Waals surface area contributed by atoms with Gasteiger partial charge in [0.1, 0.15) is 35.1 Å². The van der Waals surface area contributed by atoms with Crippen molar-refractivity contribution in [3.05, 3.63) is 118 Å². The molecule has 0 atom stereocenters. The molecule has 0 aliphatic heterocycles. The average molecular weight is 495 g/mol. The topological polar surface area (TPSA) is 20.2 Å². The summed E-state index contributed by atoms with van der Waals surface area (Å²) in [5.41, 5.74) is 0.997. The minimum atomic E-state index is -1.99. The van der Waals surface area contributed by atoms with Gasteiger partial charge in [-0.1, -0.05) is 54.6 Å². The van der Waals surface area contributed by atoms with E-state index in [1.807, 2.05) is 12.1 Å². The summed E-state index contributed by atoms with van der Waals surface area (Å²) in [5, 5.41) is 14.6. The normalized spacial score (nSPS) is 11.3. The van der Waals surface area contributed by atoms with Gasteiger partial charge in [-0.05, 0) is 77.2 Å². The third-order valence-corrected chi connectivity index (χ3v) is 10.1. The number of halogens is 1. The molecule has 0 fully saturated rings. The Labute approximate surface area is 180 Å². The van der Waals surface area contributed by atoms with Crippen LogP contribution in [0.15, 0.2) is 109 Å². The molecule has 1 nitrogen and oxygen atoms in total. The third kappa shape index (κ3) is 3.72. The summed E-state index contributed by atoms with van der Waals surface area (Å²) in [7, 11) is -1.99. The largest absolute Gasteiger partial charge is 0.508 e. The second-order valence-electron chi connectivity index (χ2n) is 6.75. The molecule has 0 saturated heterocycles. The average Bonchev–Trinajstić information content (AvgIpc) is 2.76. The lowest BCUT2D eigenvalue weighted by molar-refractivity contribution is 0.470. The Balaban J connectivity index is 2.02. The fraction of sp³-hybridized carbons (Fsp3) is 0.0400. The van der Waals surface area contributed by atoms with Crippen molar-refractivity contribution in [1.82, 2.24) is 0 Å². The molecule has 138 valence electrons. The highest BCUT2D eigenvalue weighted by atomic mass is 127. The summed E-state index contributed by atoms with van der Waals surface area (Å²) in [4.78, 5) is 0. The molecular formula is C25H21IOP+. The molecule has 0 radical (unpaired) electrons. The number of hydrogen-bond acceptors (Lipinski definition) is 1. The molecule has 0 aliphatic carbocycles. The minimum Gasteiger partial charge on any atom is -0.508 e. The zero-order valence-electron chi connectivity index (χ0n) is 15.4. The third-order valence-electron chi connectivity index (χ3n) is 5.04. The molecule has 28 heavy (non-hydrogen) atoms. The van der Waals surface area contributed by atoms with Crippen molar-refractivity contribution >= 4 is 45.8 Å². The number of aromatic hydroxyl groups is 1.